The third-order valence-corrected chi connectivity index (χ3v) is 3.68. The summed E-state index contributed by atoms with van der Waals surface area (Å²) in [5.74, 6) is 2.08. The first kappa shape index (κ1) is 11.9. The lowest BCUT2D eigenvalue weighted by molar-refractivity contribution is 0.906. The van der Waals surface area contributed by atoms with Gasteiger partial charge >= 0.3 is 0 Å². The largest absolute Gasteiger partial charge is 0.333 e. The first-order valence-corrected chi connectivity index (χ1v) is 7.11. The van der Waals surface area contributed by atoms with Crippen molar-refractivity contribution in [2.24, 2.45) is 0 Å². The number of thioether (sulfide) groups is 1. The molecule has 0 saturated carbocycles. The van der Waals surface area contributed by atoms with Crippen LogP contribution in [0.2, 0.25) is 0 Å². The van der Waals surface area contributed by atoms with Gasteiger partial charge < -0.3 is 4.98 Å². The van der Waals surface area contributed by atoms with Crippen molar-refractivity contribution in [3.63, 3.8) is 0 Å². The molecule has 0 aliphatic rings. The molecule has 0 saturated heterocycles. The third kappa shape index (κ3) is 2.95. The summed E-state index contributed by atoms with van der Waals surface area (Å²) in [7, 11) is 0. The van der Waals surface area contributed by atoms with E-state index in [9.17, 15) is 0 Å². The second-order valence-electron chi connectivity index (χ2n) is 3.84. The minimum Gasteiger partial charge on any atom is -0.333 e. The molecular weight excluding hydrogens is 236 g/mol. The van der Waals surface area contributed by atoms with Gasteiger partial charge in [-0.3, -0.25) is 0 Å². The second-order valence-corrected chi connectivity index (χ2v) is 5.37. The fourth-order valence-corrected chi connectivity index (χ4v) is 2.66. The average Bonchev–Trinajstić information content (AvgIpc) is 2.66. The molecule has 0 aliphatic heterocycles. The molecule has 0 unspecified atom stereocenters. The molecule has 1 N–H and O–H groups in total. The van der Waals surface area contributed by atoms with Gasteiger partial charge in [-0.15, -0.1) is 0 Å². The lowest BCUT2D eigenvalue weighted by atomic mass is 10.2. The van der Waals surface area contributed by atoms with Crippen LogP contribution in [-0.4, -0.2) is 21.5 Å². The number of aromatic amines is 1. The molecule has 1 aromatic carbocycles. The molecule has 0 atom stereocenters. The van der Waals surface area contributed by atoms with Crippen molar-refractivity contribution < 1.29 is 0 Å². The molecule has 86 valence electrons. The number of nitrogens with zero attached hydrogens (tertiary/aromatic N) is 1. The number of unbranched alkanes of at least 4 members (excludes halogenated alkanes) is 1. The van der Waals surface area contributed by atoms with Gasteiger partial charge in [-0.05, 0) is 43.2 Å². The van der Waals surface area contributed by atoms with Crippen molar-refractivity contribution in [1.29, 1.82) is 0 Å². The summed E-state index contributed by atoms with van der Waals surface area (Å²) in [6.45, 7) is 2.10. The normalized spacial score (nSPS) is 11.1. The summed E-state index contributed by atoms with van der Waals surface area (Å²) in [6.07, 6.45) is 2.37. The van der Waals surface area contributed by atoms with E-state index in [1.807, 2.05) is 0 Å². The number of aryl methyl sites for hydroxylation is 1. The zero-order valence-corrected chi connectivity index (χ0v) is 11.1. The Morgan fingerprint density at radius 2 is 2.25 bits per heavy atom. The van der Waals surface area contributed by atoms with Gasteiger partial charge in [-0.2, -0.15) is 12.6 Å². The molecule has 0 bridgehead atoms. The van der Waals surface area contributed by atoms with E-state index in [1.165, 1.54) is 18.4 Å². The predicted molar refractivity (Wildman–Crippen MR) is 74.6 cm³/mol. The SMILES string of the molecule is Cc1ccc2nc(SCCCCS)[nH]c2c1. The van der Waals surface area contributed by atoms with E-state index < -0.39 is 0 Å². The molecule has 16 heavy (non-hydrogen) atoms. The molecule has 2 aromatic rings. The predicted octanol–water partition coefficient (Wildman–Crippen LogP) is 3.67. The minimum atomic E-state index is 0.972. The monoisotopic (exact) mass is 252 g/mol. The van der Waals surface area contributed by atoms with E-state index in [4.69, 9.17) is 0 Å². The van der Waals surface area contributed by atoms with Crippen LogP contribution < -0.4 is 0 Å². The summed E-state index contributed by atoms with van der Waals surface area (Å²) in [6, 6.07) is 6.30. The van der Waals surface area contributed by atoms with Crippen molar-refractivity contribution in [1.82, 2.24) is 9.97 Å². The van der Waals surface area contributed by atoms with Gasteiger partial charge in [-0.25, -0.2) is 4.98 Å². The molecule has 0 radical (unpaired) electrons. The van der Waals surface area contributed by atoms with E-state index in [1.54, 1.807) is 11.8 Å². The second kappa shape index (κ2) is 5.64. The first-order chi connectivity index (χ1) is 7.79. The molecule has 0 amide bonds. The standard InChI is InChI=1S/C12H16N2S2/c1-9-4-5-10-11(8-9)14-12(13-10)16-7-3-2-6-15/h4-5,8,15H,2-3,6-7H2,1H3,(H,13,14). The number of H-pyrrole nitrogens is 1. The fourth-order valence-electron chi connectivity index (χ4n) is 1.55. The quantitative estimate of drug-likeness (QED) is 0.483. The maximum atomic E-state index is 4.54. The van der Waals surface area contributed by atoms with Crippen molar-refractivity contribution in [3.05, 3.63) is 23.8 Å². The van der Waals surface area contributed by atoms with Gasteiger partial charge in [0, 0.05) is 5.75 Å². The molecule has 1 aromatic heterocycles. The van der Waals surface area contributed by atoms with E-state index in [-0.39, 0.29) is 0 Å². The molecule has 4 heteroatoms. The minimum absolute atomic E-state index is 0.972. The number of rotatable bonds is 5. The number of fused-ring (bicyclic) bond motifs is 1. The van der Waals surface area contributed by atoms with Crippen LogP contribution in [0.1, 0.15) is 18.4 Å². The number of hydrogen-bond acceptors (Lipinski definition) is 3. The lowest BCUT2D eigenvalue weighted by Crippen LogP contribution is -1.82. The highest BCUT2D eigenvalue weighted by Gasteiger charge is 2.02. The number of aromatic nitrogens is 2. The van der Waals surface area contributed by atoms with E-state index >= 15 is 0 Å². The Kier molecular flexibility index (Phi) is 4.18. The van der Waals surface area contributed by atoms with Gasteiger partial charge in [0.05, 0.1) is 11.0 Å². The van der Waals surface area contributed by atoms with Gasteiger partial charge in [0.2, 0.25) is 0 Å². The highest BCUT2D eigenvalue weighted by atomic mass is 32.2. The zero-order valence-electron chi connectivity index (χ0n) is 9.36. The van der Waals surface area contributed by atoms with Crippen LogP contribution in [0.25, 0.3) is 11.0 Å². The number of imidazole rings is 1. The summed E-state index contributed by atoms with van der Waals surface area (Å²) in [5.41, 5.74) is 3.46. The molecule has 2 nitrogen and oxygen atoms in total. The van der Waals surface area contributed by atoms with Crippen molar-refractivity contribution in [2.45, 2.75) is 24.9 Å². The van der Waals surface area contributed by atoms with Crippen LogP contribution in [0.4, 0.5) is 0 Å². The molecule has 2 rings (SSSR count). The van der Waals surface area contributed by atoms with Gasteiger partial charge in [-0.1, -0.05) is 17.8 Å². The Morgan fingerprint density at radius 1 is 1.38 bits per heavy atom. The Balaban J connectivity index is 2.02. The molecule has 0 fully saturated rings. The Morgan fingerprint density at radius 3 is 3.06 bits per heavy atom. The highest BCUT2D eigenvalue weighted by molar-refractivity contribution is 7.99. The van der Waals surface area contributed by atoms with E-state index in [0.717, 1.165) is 27.7 Å². The molecule has 0 spiro atoms. The van der Waals surface area contributed by atoms with Crippen LogP contribution in [0.3, 0.4) is 0 Å². The topological polar surface area (TPSA) is 28.7 Å². The number of thiol groups is 1. The molecule has 1 heterocycles. The van der Waals surface area contributed by atoms with E-state index in [2.05, 4.69) is 47.7 Å². The Labute approximate surface area is 106 Å². The summed E-state index contributed by atoms with van der Waals surface area (Å²) >= 11 is 5.99. The lowest BCUT2D eigenvalue weighted by Gasteiger charge is -1.95. The van der Waals surface area contributed by atoms with Gasteiger partial charge in [0.1, 0.15) is 0 Å². The van der Waals surface area contributed by atoms with Crippen molar-refractivity contribution in [2.75, 3.05) is 11.5 Å². The third-order valence-electron chi connectivity index (χ3n) is 2.41. The summed E-state index contributed by atoms with van der Waals surface area (Å²) in [5, 5.41) is 1.03. The molecular formula is C12H16N2S2. The van der Waals surface area contributed by atoms with Crippen molar-refractivity contribution in [3.8, 4) is 0 Å². The number of hydrogen-bond donors (Lipinski definition) is 2. The average molecular weight is 252 g/mol. The Bertz CT molecular complexity index is 465. The maximum Gasteiger partial charge on any atom is 0.166 e. The van der Waals surface area contributed by atoms with Crippen LogP contribution in [0, 0.1) is 6.92 Å². The van der Waals surface area contributed by atoms with Gasteiger partial charge in [0.25, 0.3) is 0 Å². The zero-order chi connectivity index (χ0) is 11.4. The van der Waals surface area contributed by atoms with Gasteiger partial charge in [0.15, 0.2) is 5.16 Å². The van der Waals surface area contributed by atoms with Crippen LogP contribution >= 0.6 is 24.4 Å². The van der Waals surface area contributed by atoms with Crippen LogP contribution in [-0.2, 0) is 0 Å². The number of benzene rings is 1. The highest BCUT2D eigenvalue weighted by Crippen LogP contribution is 2.21. The van der Waals surface area contributed by atoms with E-state index in [0.29, 0.717) is 0 Å². The summed E-state index contributed by atoms with van der Waals surface area (Å²) in [4.78, 5) is 7.89. The summed E-state index contributed by atoms with van der Waals surface area (Å²) < 4.78 is 0. The maximum absolute atomic E-state index is 4.54. The van der Waals surface area contributed by atoms with Crippen molar-refractivity contribution >= 4 is 35.4 Å². The smallest absolute Gasteiger partial charge is 0.166 e. The Hall–Kier alpha value is -0.610. The van der Waals surface area contributed by atoms with Crippen LogP contribution in [0.15, 0.2) is 23.4 Å². The van der Waals surface area contributed by atoms with Crippen LogP contribution in [0.5, 0.6) is 0 Å². The first-order valence-electron chi connectivity index (χ1n) is 5.49. The fraction of sp³-hybridized carbons (Fsp3) is 0.417. The molecule has 0 aliphatic carbocycles. The number of nitrogens with one attached hydrogen (secondary N) is 1.